The first-order valence-electron chi connectivity index (χ1n) is 8.94. The molecule has 2 aromatic heterocycles. The highest BCUT2D eigenvalue weighted by molar-refractivity contribution is 14.0. The van der Waals surface area contributed by atoms with Crippen LogP contribution < -0.4 is 10.6 Å². The molecule has 0 aromatic carbocycles. The van der Waals surface area contributed by atoms with Crippen LogP contribution in [0.2, 0.25) is 0 Å². The van der Waals surface area contributed by atoms with Crippen LogP contribution in [-0.4, -0.2) is 50.3 Å². The standard InChI is InChI=1S/C18H27N5O2S2.HI/c1-4-23(5-2)27(24,25)17-10-9-16(26-17)11-13-21-18(19-3)22-14-15-8-6-7-12-20-15;/h6-10,12H,4-5,11,13-14H2,1-3H3,(H2,19,21,22);1H. The molecule has 0 aliphatic rings. The minimum atomic E-state index is -3.38. The van der Waals surface area contributed by atoms with Crippen molar-refractivity contribution in [1.29, 1.82) is 0 Å². The van der Waals surface area contributed by atoms with Crippen molar-refractivity contribution < 1.29 is 8.42 Å². The normalized spacial score (nSPS) is 11.9. The summed E-state index contributed by atoms with van der Waals surface area (Å²) in [6.07, 6.45) is 2.48. The fraction of sp³-hybridized carbons (Fsp3) is 0.444. The number of pyridine rings is 1. The number of sulfonamides is 1. The maximum atomic E-state index is 12.5. The Morgan fingerprint density at radius 3 is 2.54 bits per heavy atom. The summed E-state index contributed by atoms with van der Waals surface area (Å²) in [5, 5.41) is 6.45. The zero-order valence-corrected chi connectivity index (χ0v) is 20.3. The van der Waals surface area contributed by atoms with Crippen LogP contribution in [-0.2, 0) is 23.0 Å². The highest BCUT2D eigenvalue weighted by Gasteiger charge is 2.23. The molecule has 2 heterocycles. The van der Waals surface area contributed by atoms with Gasteiger partial charge in [-0.3, -0.25) is 9.98 Å². The van der Waals surface area contributed by atoms with Gasteiger partial charge in [0.2, 0.25) is 0 Å². The summed E-state index contributed by atoms with van der Waals surface area (Å²) in [5.74, 6) is 0.688. The first-order chi connectivity index (χ1) is 13.0. The molecule has 0 aliphatic carbocycles. The van der Waals surface area contributed by atoms with E-state index in [2.05, 4.69) is 20.6 Å². The topological polar surface area (TPSA) is 86.7 Å². The van der Waals surface area contributed by atoms with Gasteiger partial charge in [-0.05, 0) is 30.7 Å². The van der Waals surface area contributed by atoms with Gasteiger partial charge in [0.1, 0.15) is 4.21 Å². The van der Waals surface area contributed by atoms with Gasteiger partial charge < -0.3 is 10.6 Å². The molecule has 0 saturated carbocycles. The van der Waals surface area contributed by atoms with Gasteiger partial charge >= 0.3 is 0 Å². The Bertz CT molecular complexity index is 837. The molecule has 0 unspecified atom stereocenters. The molecule has 7 nitrogen and oxygen atoms in total. The lowest BCUT2D eigenvalue weighted by Crippen LogP contribution is -2.37. The molecular formula is C18H28IN5O2S2. The maximum absolute atomic E-state index is 12.5. The van der Waals surface area contributed by atoms with E-state index in [0.717, 1.165) is 17.0 Å². The van der Waals surface area contributed by atoms with Crippen LogP contribution in [0.1, 0.15) is 24.4 Å². The summed E-state index contributed by atoms with van der Waals surface area (Å²) >= 11 is 1.33. The monoisotopic (exact) mass is 537 g/mol. The van der Waals surface area contributed by atoms with Gasteiger partial charge in [0.15, 0.2) is 5.96 Å². The van der Waals surface area contributed by atoms with Gasteiger partial charge in [-0.15, -0.1) is 35.3 Å². The molecule has 0 bridgehead atoms. The lowest BCUT2D eigenvalue weighted by Gasteiger charge is -2.16. The molecule has 0 spiro atoms. The van der Waals surface area contributed by atoms with Crippen LogP contribution in [0.15, 0.2) is 45.7 Å². The second-order valence-corrected chi connectivity index (χ2v) is 9.07. The molecule has 10 heteroatoms. The molecule has 156 valence electrons. The van der Waals surface area contributed by atoms with Crippen molar-refractivity contribution in [3.8, 4) is 0 Å². The van der Waals surface area contributed by atoms with Gasteiger partial charge in [0.25, 0.3) is 10.0 Å². The molecule has 0 fully saturated rings. The second-order valence-electron chi connectivity index (χ2n) is 5.73. The fourth-order valence-corrected chi connectivity index (χ4v) is 5.49. The number of aromatic nitrogens is 1. The Hall–Kier alpha value is -1.24. The third-order valence-electron chi connectivity index (χ3n) is 3.99. The Morgan fingerprint density at radius 1 is 1.18 bits per heavy atom. The fourth-order valence-electron chi connectivity index (χ4n) is 2.52. The van der Waals surface area contributed by atoms with Gasteiger partial charge in [-0.1, -0.05) is 19.9 Å². The number of hydrogen-bond acceptors (Lipinski definition) is 5. The third kappa shape index (κ3) is 6.98. The summed E-state index contributed by atoms with van der Waals surface area (Å²) in [6.45, 7) is 5.91. The van der Waals surface area contributed by atoms with Crippen LogP contribution >= 0.6 is 35.3 Å². The third-order valence-corrected chi connectivity index (χ3v) is 7.65. The number of hydrogen-bond donors (Lipinski definition) is 2. The average molecular weight is 537 g/mol. The predicted octanol–water partition coefficient (Wildman–Crippen LogP) is 2.70. The summed E-state index contributed by atoms with van der Waals surface area (Å²) in [7, 11) is -1.66. The minimum absolute atomic E-state index is 0. The Labute approximate surface area is 188 Å². The van der Waals surface area contributed by atoms with E-state index in [1.54, 1.807) is 19.3 Å². The molecule has 0 atom stereocenters. The number of nitrogens with one attached hydrogen (secondary N) is 2. The molecule has 28 heavy (non-hydrogen) atoms. The number of halogens is 1. The van der Waals surface area contributed by atoms with Gasteiger partial charge in [0.05, 0.1) is 12.2 Å². The Morgan fingerprint density at radius 2 is 1.93 bits per heavy atom. The largest absolute Gasteiger partial charge is 0.356 e. The minimum Gasteiger partial charge on any atom is -0.356 e. The van der Waals surface area contributed by atoms with Gasteiger partial charge in [-0.25, -0.2) is 8.42 Å². The van der Waals surface area contributed by atoms with E-state index in [4.69, 9.17) is 0 Å². The summed E-state index contributed by atoms with van der Waals surface area (Å²) in [5.41, 5.74) is 0.935. The number of aliphatic imine (C=N–C) groups is 1. The van der Waals surface area contributed by atoms with Crippen molar-refractivity contribution in [1.82, 2.24) is 19.9 Å². The Kier molecular flexibility index (Phi) is 10.9. The zero-order chi connectivity index (χ0) is 19.7. The first kappa shape index (κ1) is 24.8. The molecule has 0 amide bonds. The SMILES string of the molecule is CCN(CC)S(=O)(=O)c1ccc(CCNC(=NC)NCc2ccccn2)s1.I. The van der Waals surface area contributed by atoms with Crippen molar-refractivity contribution in [3.05, 3.63) is 47.1 Å². The van der Waals surface area contributed by atoms with Crippen LogP contribution in [0.4, 0.5) is 0 Å². The van der Waals surface area contributed by atoms with E-state index < -0.39 is 10.0 Å². The quantitative estimate of drug-likeness (QED) is 0.292. The lowest BCUT2D eigenvalue weighted by atomic mass is 10.3. The number of nitrogens with zero attached hydrogens (tertiary/aromatic N) is 3. The highest BCUT2D eigenvalue weighted by Crippen LogP contribution is 2.25. The van der Waals surface area contributed by atoms with Crippen LogP contribution in [0.5, 0.6) is 0 Å². The van der Waals surface area contributed by atoms with Gasteiger partial charge in [-0.2, -0.15) is 4.31 Å². The van der Waals surface area contributed by atoms with Crippen LogP contribution in [0, 0.1) is 0 Å². The van der Waals surface area contributed by atoms with E-state index in [1.807, 2.05) is 38.1 Å². The molecule has 2 aromatic rings. The van der Waals surface area contributed by atoms with Crippen LogP contribution in [0.3, 0.4) is 0 Å². The van der Waals surface area contributed by atoms with Crippen molar-refractivity contribution in [2.24, 2.45) is 4.99 Å². The maximum Gasteiger partial charge on any atom is 0.252 e. The number of rotatable bonds is 9. The van der Waals surface area contributed by atoms with Crippen molar-refractivity contribution in [2.75, 3.05) is 26.7 Å². The molecule has 2 rings (SSSR count). The van der Waals surface area contributed by atoms with Gasteiger partial charge in [0, 0.05) is 37.8 Å². The smallest absolute Gasteiger partial charge is 0.252 e. The number of thiophene rings is 1. The molecule has 2 N–H and O–H groups in total. The first-order valence-corrected chi connectivity index (χ1v) is 11.2. The molecule has 0 aliphatic heterocycles. The lowest BCUT2D eigenvalue weighted by molar-refractivity contribution is 0.447. The van der Waals surface area contributed by atoms with Crippen LogP contribution in [0.25, 0.3) is 0 Å². The van der Waals surface area contributed by atoms with E-state index >= 15 is 0 Å². The summed E-state index contributed by atoms with van der Waals surface area (Å²) < 4.78 is 27.0. The van der Waals surface area contributed by atoms with E-state index in [1.165, 1.54) is 15.6 Å². The number of guanidine groups is 1. The average Bonchev–Trinajstić information content (AvgIpc) is 3.16. The second kappa shape index (κ2) is 12.3. The van der Waals surface area contributed by atoms with E-state index in [-0.39, 0.29) is 24.0 Å². The molecule has 0 radical (unpaired) electrons. The van der Waals surface area contributed by atoms with E-state index in [0.29, 0.717) is 36.3 Å². The highest BCUT2D eigenvalue weighted by atomic mass is 127. The molecule has 0 saturated heterocycles. The Balaban J connectivity index is 0.00000392. The predicted molar refractivity (Wildman–Crippen MR) is 126 cm³/mol. The van der Waals surface area contributed by atoms with Crippen molar-refractivity contribution in [2.45, 2.75) is 31.0 Å². The molecular weight excluding hydrogens is 509 g/mol. The van der Waals surface area contributed by atoms with Crippen molar-refractivity contribution >= 4 is 51.3 Å². The summed E-state index contributed by atoms with van der Waals surface area (Å²) in [6, 6.07) is 9.35. The van der Waals surface area contributed by atoms with Crippen molar-refractivity contribution in [3.63, 3.8) is 0 Å². The van der Waals surface area contributed by atoms with E-state index in [9.17, 15) is 8.42 Å². The zero-order valence-electron chi connectivity index (χ0n) is 16.4. The summed E-state index contributed by atoms with van der Waals surface area (Å²) in [4.78, 5) is 9.48.